The summed E-state index contributed by atoms with van der Waals surface area (Å²) in [4.78, 5) is 10.5. The quantitative estimate of drug-likeness (QED) is 0.669. The van der Waals surface area contributed by atoms with Gasteiger partial charge < -0.3 is 9.84 Å². The number of aliphatic hydroxyl groups is 1. The summed E-state index contributed by atoms with van der Waals surface area (Å²) in [6.07, 6.45) is 1.65. The predicted molar refractivity (Wildman–Crippen MR) is 77.7 cm³/mol. The molecule has 1 aromatic rings. The third-order valence-corrected chi connectivity index (χ3v) is 2.14. The summed E-state index contributed by atoms with van der Waals surface area (Å²) in [5.74, 6) is -0.373. The lowest BCUT2D eigenvalue weighted by Gasteiger charge is -2.17. The molecule has 0 radical (unpaired) electrons. The maximum atomic E-state index is 10.5. The highest BCUT2D eigenvalue weighted by atomic mass is 16.6. The van der Waals surface area contributed by atoms with Crippen LogP contribution < -0.4 is 0 Å². The Morgan fingerprint density at radius 2 is 1.89 bits per heavy atom. The van der Waals surface area contributed by atoms with Gasteiger partial charge in [-0.15, -0.1) is 0 Å². The second-order valence-electron chi connectivity index (χ2n) is 5.07. The van der Waals surface area contributed by atoms with Crippen LogP contribution in [0.2, 0.25) is 0 Å². The molecule has 1 aromatic carbocycles. The van der Waals surface area contributed by atoms with Crippen LogP contribution >= 0.6 is 0 Å². The molecule has 0 aliphatic carbocycles. The van der Waals surface area contributed by atoms with Crippen molar-refractivity contribution in [2.75, 3.05) is 0 Å². The summed E-state index contributed by atoms with van der Waals surface area (Å²) in [6, 6.07) is 9.70. The molecule has 1 rings (SSSR count). The van der Waals surface area contributed by atoms with Crippen LogP contribution in [0.5, 0.6) is 0 Å². The molecule has 1 unspecified atom stereocenters. The van der Waals surface area contributed by atoms with Crippen molar-refractivity contribution in [1.29, 1.82) is 0 Å². The Labute approximate surface area is 115 Å². The molecule has 19 heavy (non-hydrogen) atoms. The first-order chi connectivity index (χ1) is 8.80. The Hall–Kier alpha value is -1.61. The van der Waals surface area contributed by atoms with Crippen LogP contribution in [0.3, 0.4) is 0 Å². The van der Waals surface area contributed by atoms with Gasteiger partial charge >= 0.3 is 5.97 Å². The van der Waals surface area contributed by atoms with Gasteiger partial charge in [-0.1, -0.05) is 43.8 Å². The number of esters is 1. The zero-order valence-corrected chi connectivity index (χ0v) is 12.2. The van der Waals surface area contributed by atoms with E-state index in [1.165, 1.54) is 0 Å². The summed E-state index contributed by atoms with van der Waals surface area (Å²) in [5, 5.41) is 9.33. The highest BCUT2D eigenvalue weighted by Crippen LogP contribution is 2.14. The molecule has 0 aliphatic rings. The Morgan fingerprint density at radius 1 is 1.37 bits per heavy atom. The van der Waals surface area contributed by atoms with E-state index in [1.54, 1.807) is 0 Å². The molecule has 1 N–H and O–H groups in total. The minimum atomic E-state index is -0.398. The SMILES string of the molecule is C=CC(=O)OC(C)(C)C.CCC(O)c1ccccc1. The van der Waals surface area contributed by atoms with Crippen molar-refractivity contribution in [1.82, 2.24) is 0 Å². The van der Waals surface area contributed by atoms with E-state index < -0.39 is 5.60 Å². The first-order valence-electron chi connectivity index (χ1n) is 6.38. The van der Waals surface area contributed by atoms with E-state index in [-0.39, 0.29) is 12.1 Å². The molecule has 3 heteroatoms. The van der Waals surface area contributed by atoms with Crippen molar-refractivity contribution in [3.8, 4) is 0 Å². The fourth-order valence-electron chi connectivity index (χ4n) is 1.25. The number of rotatable bonds is 3. The van der Waals surface area contributed by atoms with Crippen molar-refractivity contribution in [3.63, 3.8) is 0 Å². The van der Waals surface area contributed by atoms with Crippen molar-refractivity contribution in [2.24, 2.45) is 0 Å². The van der Waals surface area contributed by atoms with Gasteiger partial charge in [-0.25, -0.2) is 4.79 Å². The van der Waals surface area contributed by atoms with Gasteiger partial charge in [0.25, 0.3) is 0 Å². The minimum Gasteiger partial charge on any atom is -0.457 e. The second kappa shape index (κ2) is 8.48. The number of hydrogen-bond donors (Lipinski definition) is 1. The number of aliphatic hydroxyl groups excluding tert-OH is 1. The summed E-state index contributed by atoms with van der Waals surface area (Å²) < 4.78 is 4.83. The van der Waals surface area contributed by atoms with Gasteiger partial charge in [-0.2, -0.15) is 0 Å². The maximum Gasteiger partial charge on any atom is 0.330 e. The minimum absolute atomic E-state index is 0.291. The second-order valence-corrected chi connectivity index (χ2v) is 5.07. The van der Waals surface area contributed by atoms with E-state index in [0.717, 1.165) is 18.1 Å². The van der Waals surface area contributed by atoms with Gasteiger partial charge in [0.15, 0.2) is 0 Å². The van der Waals surface area contributed by atoms with Crippen molar-refractivity contribution in [3.05, 3.63) is 48.6 Å². The molecule has 0 saturated carbocycles. The molecule has 106 valence electrons. The maximum absolute atomic E-state index is 10.5. The van der Waals surface area contributed by atoms with Gasteiger partial charge in [-0.05, 0) is 32.8 Å². The summed E-state index contributed by atoms with van der Waals surface area (Å²) in [7, 11) is 0. The highest BCUT2D eigenvalue weighted by Gasteiger charge is 2.12. The van der Waals surface area contributed by atoms with Crippen molar-refractivity contribution in [2.45, 2.75) is 45.8 Å². The zero-order chi connectivity index (χ0) is 14.9. The predicted octanol–water partition coefficient (Wildman–Crippen LogP) is 3.64. The van der Waals surface area contributed by atoms with E-state index in [9.17, 15) is 9.90 Å². The molecule has 3 nitrogen and oxygen atoms in total. The molecule has 0 aromatic heterocycles. The third kappa shape index (κ3) is 9.03. The summed E-state index contributed by atoms with van der Waals surface area (Å²) in [5.41, 5.74) is 0.607. The van der Waals surface area contributed by atoms with Crippen LogP contribution in [-0.2, 0) is 9.53 Å². The molecule has 1 atom stereocenters. The van der Waals surface area contributed by atoms with E-state index in [1.807, 2.05) is 58.0 Å². The molecule has 0 amide bonds. The third-order valence-electron chi connectivity index (χ3n) is 2.14. The number of benzene rings is 1. The Kier molecular flexibility index (Phi) is 7.77. The van der Waals surface area contributed by atoms with Crippen molar-refractivity contribution >= 4 is 5.97 Å². The number of carbonyl (C=O) groups is 1. The van der Waals surface area contributed by atoms with E-state index in [2.05, 4.69) is 6.58 Å². The van der Waals surface area contributed by atoms with Gasteiger partial charge in [0.05, 0.1) is 6.10 Å². The van der Waals surface area contributed by atoms with E-state index in [0.29, 0.717) is 0 Å². The number of ether oxygens (including phenoxy) is 1. The monoisotopic (exact) mass is 264 g/mol. The lowest BCUT2D eigenvalue weighted by atomic mass is 10.1. The summed E-state index contributed by atoms with van der Waals surface area (Å²) >= 11 is 0. The van der Waals surface area contributed by atoms with Gasteiger partial charge in [-0.3, -0.25) is 0 Å². The normalized spacial score (nSPS) is 11.8. The van der Waals surface area contributed by atoms with E-state index in [4.69, 9.17) is 4.74 Å². The van der Waals surface area contributed by atoms with Gasteiger partial charge in [0.1, 0.15) is 5.60 Å². The Bertz CT molecular complexity index is 377. The molecular weight excluding hydrogens is 240 g/mol. The fourth-order valence-corrected chi connectivity index (χ4v) is 1.25. The van der Waals surface area contributed by atoms with Gasteiger partial charge in [0.2, 0.25) is 0 Å². The Balaban J connectivity index is 0.000000344. The average molecular weight is 264 g/mol. The summed E-state index contributed by atoms with van der Waals surface area (Å²) in [6.45, 7) is 10.7. The number of hydrogen-bond acceptors (Lipinski definition) is 3. The largest absolute Gasteiger partial charge is 0.457 e. The van der Waals surface area contributed by atoms with Crippen molar-refractivity contribution < 1.29 is 14.6 Å². The molecule has 0 bridgehead atoms. The molecular formula is C16H24O3. The lowest BCUT2D eigenvalue weighted by Crippen LogP contribution is -2.22. The first-order valence-corrected chi connectivity index (χ1v) is 6.38. The van der Waals surface area contributed by atoms with Crippen LogP contribution in [0.15, 0.2) is 43.0 Å². The standard InChI is InChI=1S/C9H12O.C7H12O2/c1-2-9(10)8-6-4-3-5-7-8;1-5-6(8)9-7(2,3)4/h3-7,9-10H,2H2,1H3;5H,1H2,2-4H3. The Morgan fingerprint density at radius 3 is 2.21 bits per heavy atom. The highest BCUT2D eigenvalue weighted by molar-refractivity contribution is 5.81. The van der Waals surface area contributed by atoms with E-state index >= 15 is 0 Å². The zero-order valence-electron chi connectivity index (χ0n) is 12.2. The number of carbonyl (C=O) groups excluding carboxylic acids is 1. The lowest BCUT2D eigenvalue weighted by molar-refractivity contribution is -0.148. The molecule has 0 spiro atoms. The van der Waals surface area contributed by atoms with Crippen LogP contribution in [0, 0.1) is 0 Å². The van der Waals surface area contributed by atoms with Crippen LogP contribution in [0.1, 0.15) is 45.8 Å². The van der Waals surface area contributed by atoms with Crippen LogP contribution in [0.25, 0.3) is 0 Å². The van der Waals surface area contributed by atoms with Gasteiger partial charge in [0, 0.05) is 6.08 Å². The van der Waals surface area contributed by atoms with Crippen LogP contribution in [0.4, 0.5) is 0 Å². The molecule has 0 heterocycles. The molecule has 0 saturated heterocycles. The smallest absolute Gasteiger partial charge is 0.330 e. The molecule has 0 fully saturated rings. The molecule has 0 aliphatic heterocycles. The first kappa shape index (κ1) is 17.4. The van der Waals surface area contributed by atoms with Crippen LogP contribution in [-0.4, -0.2) is 16.7 Å². The topological polar surface area (TPSA) is 46.5 Å². The average Bonchev–Trinajstić information content (AvgIpc) is 2.37. The fraction of sp³-hybridized carbons (Fsp3) is 0.438.